The molecule has 0 saturated carbocycles. The molecule has 0 heterocycles. The van der Waals surface area contributed by atoms with Crippen LogP contribution in [0, 0.1) is 17.0 Å². The number of benzene rings is 2. The van der Waals surface area contributed by atoms with Gasteiger partial charge < -0.3 is 10.6 Å². The Balaban J connectivity index is 2.01. The number of amides is 2. The van der Waals surface area contributed by atoms with Crippen LogP contribution in [0.15, 0.2) is 42.5 Å². The molecule has 8 heteroatoms. The molecule has 0 aliphatic carbocycles. The molecule has 0 atom stereocenters. The topological polar surface area (TPSA) is 105 Å². The van der Waals surface area contributed by atoms with E-state index in [9.17, 15) is 19.7 Å². The van der Waals surface area contributed by atoms with Gasteiger partial charge in [0.25, 0.3) is 5.69 Å². The van der Waals surface area contributed by atoms with E-state index in [4.69, 9.17) is 0 Å². The summed E-state index contributed by atoms with van der Waals surface area (Å²) in [5.74, 6) is -0.443. The van der Waals surface area contributed by atoms with Crippen molar-refractivity contribution in [1.29, 1.82) is 0 Å². The van der Waals surface area contributed by atoms with E-state index < -0.39 is 4.92 Å². The van der Waals surface area contributed by atoms with Gasteiger partial charge in [-0.25, -0.2) is 0 Å². The van der Waals surface area contributed by atoms with Gasteiger partial charge in [0.1, 0.15) is 0 Å². The first-order chi connectivity index (χ1) is 13.8. The summed E-state index contributed by atoms with van der Waals surface area (Å²) in [5.41, 5.74) is 2.32. The van der Waals surface area contributed by atoms with E-state index >= 15 is 0 Å². The largest absolute Gasteiger partial charge is 0.326 e. The molecular weight excluding hydrogens is 372 g/mol. The van der Waals surface area contributed by atoms with Crippen molar-refractivity contribution in [3.8, 4) is 0 Å². The molecule has 0 saturated heterocycles. The Kier molecular flexibility index (Phi) is 7.85. The molecule has 0 bridgehead atoms. The van der Waals surface area contributed by atoms with Crippen LogP contribution in [0.5, 0.6) is 0 Å². The molecule has 8 nitrogen and oxygen atoms in total. The number of nitro groups is 1. The first-order valence-electron chi connectivity index (χ1n) is 9.49. The number of nitrogens with zero attached hydrogens (tertiary/aromatic N) is 2. The Labute approximate surface area is 170 Å². The third kappa shape index (κ3) is 6.39. The number of hydrogen-bond donors (Lipinski definition) is 2. The molecule has 0 aliphatic rings. The lowest BCUT2D eigenvalue weighted by Gasteiger charge is -2.18. The minimum Gasteiger partial charge on any atom is -0.326 e. The predicted molar refractivity (Wildman–Crippen MR) is 113 cm³/mol. The van der Waals surface area contributed by atoms with Crippen molar-refractivity contribution < 1.29 is 14.5 Å². The van der Waals surface area contributed by atoms with E-state index in [1.165, 1.54) is 6.07 Å². The van der Waals surface area contributed by atoms with E-state index in [0.29, 0.717) is 23.5 Å². The quantitative estimate of drug-likeness (QED) is 0.498. The lowest BCUT2D eigenvalue weighted by molar-refractivity contribution is -0.385. The number of carbonyl (C=O) groups excluding carboxylic acids is 2. The van der Waals surface area contributed by atoms with Gasteiger partial charge in [0.2, 0.25) is 11.8 Å². The van der Waals surface area contributed by atoms with E-state index in [0.717, 1.165) is 18.7 Å². The number of hydrogen-bond acceptors (Lipinski definition) is 5. The Hall–Kier alpha value is -3.26. The summed E-state index contributed by atoms with van der Waals surface area (Å²) in [4.78, 5) is 37.1. The average Bonchev–Trinajstić information content (AvgIpc) is 2.68. The van der Waals surface area contributed by atoms with Gasteiger partial charge >= 0.3 is 0 Å². The van der Waals surface area contributed by atoms with Gasteiger partial charge in [0, 0.05) is 23.0 Å². The zero-order chi connectivity index (χ0) is 21.4. The molecule has 2 aromatic rings. The van der Waals surface area contributed by atoms with Crippen molar-refractivity contribution in [2.45, 2.75) is 27.2 Å². The maximum Gasteiger partial charge on any atom is 0.273 e. The highest BCUT2D eigenvalue weighted by Gasteiger charge is 2.16. The first kappa shape index (κ1) is 22.0. The maximum atomic E-state index is 12.3. The van der Waals surface area contributed by atoms with Crippen molar-refractivity contribution in [2.75, 3.05) is 30.3 Å². The van der Waals surface area contributed by atoms with Gasteiger partial charge in [0.15, 0.2) is 0 Å². The molecule has 2 rings (SSSR count). The van der Waals surface area contributed by atoms with Crippen LogP contribution in [-0.4, -0.2) is 41.3 Å². The summed E-state index contributed by atoms with van der Waals surface area (Å²) >= 11 is 0. The standard InChI is InChI=1S/C21H26N4O4/c1-4-24(5-2)14-21(27)23-18-11-10-17(12-15(18)3)22-20(26)13-16-8-6-7-9-19(16)25(28)29/h6-12H,4-5,13-14H2,1-3H3,(H,22,26)(H,23,27). The normalized spacial score (nSPS) is 10.6. The Morgan fingerprint density at radius 1 is 1.03 bits per heavy atom. The zero-order valence-corrected chi connectivity index (χ0v) is 16.9. The Morgan fingerprint density at radius 2 is 1.72 bits per heavy atom. The lowest BCUT2D eigenvalue weighted by Crippen LogP contribution is -2.33. The highest BCUT2D eigenvalue weighted by Crippen LogP contribution is 2.21. The fourth-order valence-electron chi connectivity index (χ4n) is 2.94. The summed E-state index contributed by atoms with van der Waals surface area (Å²) < 4.78 is 0. The van der Waals surface area contributed by atoms with Gasteiger partial charge in [-0.1, -0.05) is 32.0 Å². The van der Waals surface area contributed by atoms with Crippen molar-refractivity contribution in [3.05, 3.63) is 63.7 Å². The smallest absolute Gasteiger partial charge is 0.273 e. The first-order valence-corrected chi connectivity index (χ1v) is 9.49. The number of aryl methyl sites for hydroxylation is 1. The van der Waals surface area contributed by atoms with E-state index in [2.05, 4.69) is 10.6 Å². The van der Waals surface area contributed by atoms with Crippen molar-refractivity contribution >= 4 is 28.9 Å². The summed E-state index contributed by atoms with van der Waals surface area (Å²) in [6.07, 6.45) is -0.0987. The second-order valence-corrected chi connectivity index (χ2v) is 6.65. The second-order valence-electron chi connectivity index (χ2n) is 6.65. The van der Waals surface area contributed by atoms with Crippen LogP contribution in [0.2, 0.25) is 0 Å². The molecule has 2 amide bonds. The molecule has 2 N–H and O–H groups in total. The average molecular weight is 398 g/mol. The minimum absolute atomic E-state index is 0.0786. The molecule has 0 unspecified atom stereocenters. The Bertz CT molecular complexity index is 894. The summed E-state index contributed by atoms with van der Waals surface area (Å²) in [5, 5.41) is 16.7. The monoisotopic (exact) mass is 398 g/mol. The number of carbonyl (C=O) groups is 2. The SMILES string of the molecule is CCN(CC)CC(=O)Nc1ccc(NC(=O)Cc2ccccc2[N+](=O)[O-])cc1C. The van der Waals surface area contributed by atoms with Crippen LogP contribution in [0.4, 0.5) is 17.1 Å². The molecule has 2 aromatic carbocycles. The van der Waals surface area contributed by atoms with Crippen LogP contribution in [0.3, 0.4) is 0 Å². The second kappa shape index (κ2) is 10.3. The summed E-state index contributed by atoms with van der Waals surface area (Å²) in [7, 11) is 0. The third-order valence-electron chi connectivity index (χ3n) is 4.59. The molecule has 29 heavy (non-hydrogen) atoms. The number of likely N-dealkylation sites (N-methyl/N-ethyl adjacent to an activating group) is 1. The molecule has 0 radical (unpaired) electrons. The minimum atomic E-state index is -0.498. The highest BCUT2D eigenvalue weighted by molar-refractivity contribution is 5.95. The van der Waals surface area contributed by atoms with E-state index in [1.54, 1.807) is 36.4 Å². The molecule has 0 fully saturated rings. The van der Waals surface area contributed by atoms with Gasteiger partial charge in [-0.05, 0) is 43.8 Å². The summed E-state index contributed by atoms with van der Waals surface area (Å²) in [6, 6.07) is 11.4. The van der Waals surface area contributed by atoms with Gasteiger partial charge in [-0.2, -0.15) is 0 Å². The van der Waals surface area contributed by atoms with Gasteiger partial charge in [-0.15, -0.1) is 0 Å². The molecule has 154 valence electrons. The van der Waals surface area contributed by atoms with Crippen molar-refractivity contribution in [3.63, 3.8) is 0 Å². The van der Waals surface area contributed by atoms with Gasteiger partial charge in [-0.3, -0.25) is 24.6 Å². The number of nitro benzene ring substituents is 1. The van der Waals surface area contributed by atoms with Crippen molar-refractivity contribution in [2.24, 2.45) is 0 Å². The lowest BCUT2D eigenvalue weighted by atomic mass is 10.1. The number of para-hydroxylation sites is 1. The fourth-order valence-corrected chi connectivity index (χ4v) is 2.94. The fraction of sp³-hybridized carbons (Fsp3) is 0.333. The zero-order valence-electron chi connectivity index (χ0n) is 16.9. The predicted octanol–water partition coefficient (Wildman–Crippen LogP) is 3.36. The number of nitrogens with one attached hydrogen (secondary N) is 2. The number of anilines is 2. The van der Waals surface area contributed by atoms with Crippen molar-refractivity contribution in [1.82, 2.24) is 4.90 Å². The molecule has 0 aromatic heterocycles. The van der Waals surface area contributed by atoms with E-state index in [-0.39, 0.29) is 23.9 Å². The summed E-state index contributed by atoms with van der Waals surface area (Å²) in [6.45, 7) is 7.76. The Morgan fingerprint density at radius 3 is 2.34 bits per heavy atom. The third-order valence-corrected chi connectivity index (χ3v) is 4.59. The highest BCUT2D eigenvalue weighted by atomic mass is 16.6. The van der Waals surface area contributed by atoms with Crippen LogP contribution < -0.4 is 10.6 Å². The molecule has 0 spiro atoms. The van der Waals surface area contributed by atoms with Gasteiger partial charge in [0.05, 0.1) is 17.9 Å². The molecule has 0 aliphatic heterocycles. The number of rotatable bonds is 9. The van der Waals surface area contributed by atoms with E-state index in [1.807, 2.05) is 25.7 Å². The van der Waals surface area contributed by atoms with Crippen LogP contribution in [0.25, 0.3) is 0 Å². The van der Waals surface area contributed by atoms with Crippen LogP contribution in [-0.2, 0) is 16.0 Å². The molecular formula is C21H26N4O4. The van der Waals surface area contributed by atoms with Crippen LogP contribution in [0.1, 0.15) is 25.0 Å². The van der Waals surface area contributed by atoms with Crippen LogP contribution >= 0.6 is 0 Å². The maximum absolute atomic E-state index is 12.3.